The van der Waals surface area contributed by atoms with Crippen molar-refractivity contribution in [2.45, 2.75) is 44.4 Å². The normalized spacial score (nSPS) is 16.3. The maximum atomic E-state index is 12.5. The summed E-state index contributed by atoms with van der Waals surface area (Å²) in [6.45, 7) is 5.34. The first-order valence-electron chi connectivity index (χ1n) is 11.2. The van der Waals surface area contributed by atoms with Gasteiger partial charge in [-0.3, -0.25) is 4.79 Å². The number of hydrogen-bond donors (Lipinski definition) is 2. The minimum atomic E-state index is -3.24. The summed E-state index contributed by atoms with van der Waals surface area (Å²) in [5, 5.41) is 2.70. The molecule has 4 rings (SSSR count). The van der Waals surface area contributed by atoms with Crippen LogP contribution in [0.1, 0.15) is 53.4 Å². The molecular formula is C24H32N4O3S2. The topological polar surface area (TPSA) is 99.5 Å². The Hall–Kier alpha value is -2.20. The van der Waals surface area contributed by atoms with Crippen LogP contribution in [0.3, 0.4) is 0 Å². The molecule has 3 N–H and O–H groups in total. The zero-order chi connectivity index (χ0) is 23.9. The van der Waals surface area contributed by atoms with Crippen LogP contribution in [0.4, 0.5) is 0 Å². The molecule has 1 saturated heterocycles. The van der Waals surface area contributed by atoms with Crippen molar-refractivity contribution in [1.29, 1.82) is 0 Å². The second kappa shape index (κ2) is 9.21. The highest BCUT2D eigenvalue weighted by molar-refractivity contribution is 7.89. The predicted octanol–water partition coefficient (Wildman–Crippen LogP) is 3.97. The molecule has 0 spiro atoms. The fraction of sp³-hybridized carbons (Fsp3) is 0.458. The first-order chi connectivity index (χ1) is 15.6. The van der Waals surface area contributed by atoms with Gasteiger partial charge < -0.3 is 15.6 Å². The molecule has 33 heavy (non-hydrogen) atoms. The van der Waals surface area contributed by atoms with E-state index in [1.54, 1.807) is 29.5 Å². The van der Waals surface area contributed by atoms with Crippen LogP contribution in [-0.4, -0.2) is 60.9 Å². The highest BCUT2D eigenvalue weighted by atomic mass is 32.2. The van der Waals surface area contributed by atoms with E-state index >= 15 is 0 Å². The molecule has 0 bridgehead atoms. The van der Waals surface area contributed by atoms with Crippen molar-refractivity contribution >= 4 is 38.2 Å². The lowest BCUT2D eigenvalue weighted by Crippen LogP contribution is -2.41. The molecular weight excluding hydrogens is 456 g/mol. The molecule has 3 heterocycles. The summed E-state index contributed by atoms with van der Waals surface area (Å²) in [6, 6.07) is 6.16. The number of aromatic amines is 1. The van der Waals surface area contributed by atoms with Crippen LogP contribution in [0, 0.1) is 0 Å². The lowest BCUT2D eigenvalue weighted by atomic mass is 9.88. The van der Waals surface area contributed by atoms with Crippen molar-refractivity contribution in [2.24, 2.45) is 5.73 Å². The van der Waals surface area contributed by atoms with E-state index in [0.717, 1.165) is 47.0 Å². The summed E-state index contributed by atoms with van der Waals surface area (Å²) in [6.07, 6.45) is 3.46. The van der Waals surface area contributed by atoms with E-state index in [1.165, 1.54) is 4.88 Å². The summed E-state index contributed by atoms with van der Waals surface area (Å²) in [7, 11) is 0.844. The summed E-state index contributed by atoms with van der Waals surface area (Å²) >= 11 is 1.70. The van der Waals surface area contributed by atoms with E-state index < -0.39 is 21.2 Å². The van der Waals surface area contributed by atoms with E-state index in [2.05, 4.69) is 27.4 Å². The molecule has 178 valence electrons. The molecule has 3 aromatic rings. The molecule has 2 aromatic heterocycles. The Bertz CT molecular complexity index is 1270. The Morgan fingerprint density at radius 3 is 2.52 bits per heavy atom. The molecule has 9 heteroatoms. The van der Waals surface area contributed by atoms with Crippen molar-refractivity contribution in [3.8, 4) is 11.1 Å². The zero-order valence-corrected chi connectivity index (χ0v) is 21.2. The molecule has 1 aliphatic rings. The van der Waals surface area contributed by atoms with Gasteiger partial charge in [-0.2, -0.15) is 0 Å². The van der Waals surface area contributed by atoms with Gasteiger partial charge in [0.05, 0.1) is 16.3 Å². The summed E-state index contributed by atoms with van der Waals surface area (Å²) < 4.78 is 26.7. The van der Waals surface area contributed by atoms with E-state index in [9.17, 15) is 13.2 Å². The quantitative estimate of drug-likeness (QED) is 0.525. The molecule has 0 saturated carbocycles. The Morgan fingerprint density at radius 2 is 1.91 bits per heavy atom. The van der Waals surface area contributed by atoms with Gasteiger partial charge in [0.15, 0.2) is 0 Å². The Morgan fingerprint density at radius 1 is 1.21 bits per heavy atom. The van der Waals surface area contributed by atoms with Gasteiger partial charge in [0.25, 0.3) is 5.91 Å². The van der Waals surface area contributed by atoms with Crippen molar-refractivity contribution < 1.29 is 13.2 Å². The maximum Gasteiger partial charge on any atom is 0.250 e. The molecule has 0 atom stereocenters. The minimum Gasteiger partial charge on any atom is -0.366 e. The summed E-state index contributed by atoms with van der Waals surface area (Å²) in [5.74, 6) is -0.239. The van der Waals surface area contributed by atoms with Gasteiger partial charge in [-0.25, -0.2) is 12.7 Å². The van der Waals surface area contributed by atoms with E-state index in [4.69, 9.17) is 5.73 Å². The third kappa shape index (κ3) is 4.73. The highest BCUT2D eigenvalue weighted by Gasteiger charge is 2.31. The number of piperidine rings is 1. The number of amides is 1. The van der Waals surface area contributed by atoms with Crippen LogP contribution in [0.25, 0.3) is 22.0 Å². The largest absolute Gasteiger partial charge is 0.366 e. The van der Waals surface area contributed by atoms with Crippen molar-refractivity contribution in [3.05, 3.63) is 45.8 Å². The molecule has 1 amide bonds. The van der Waals surface area contributed by atoms with E-state index in [1.807, 2.05) is 26.4 Å². The number of primary amides is 1. The number of nitrogens with two attached hydrogens (primary N) is 1. The Balaban J connectivity index is 1.68. The van der Waals surface area contributed by atoms with Crippen molar-refractivity contribution in [3.63, 3.8) is 0 Å². The minimum absolute atomic E-state index is 0.222. The van der Waals surface area contributed by atoms with Crippen LogP contribution < -0.4 is 5.73 Å². The highest BCUT2D eigenvalue weighted by Crippen LogP contribution is 2.38. The average molecular weight is 489 g/mol. The van der Waals surface area contributed by atoms with Gasteiger partial charge in [-0.05, 0) is 87.0 Å². The lowest BCUT2D eigenvalue weighted by Gasteiger charge is -2.32. The van der Waals surface area contributed by atoms with Crippen LogP contribution in [-0.2, 0) is 16.6 Å². The first-order valence-corrected chi connectivity index (χ1v) is 13.6. The first kappa shape index (κ1) is 23.9. The van der Waals surface area contributed by atoms with Crippen molar-refractivity contribution in [1.82, 2.24) is 14.2 Å². The number of H-pyrrole nitrogens is 1. The predicted molar refractivity (Wildman–Crippen MR) is 135 cm³/mol. The number of carbonyl (C=O) groups is 1. The number of nitrogens with zero attached hydrogens (tertiary/aromatic N) is 2. The second-order valence-electron chi connectivity index (χ2n) is 9.36. The molecule has 0 unspecified atom stereocenters. The fourth-order valence-corrected chi connectivity index (χ4v) is 6.92. The van der Waals surface area contributed by atoms with E-state index in [-0.39, 0.29) is 5.92 Å². The van der Waals surface area contributed by atoms with Crippen molar-refractivity contribution in [2.75, 3.05) is 27.2 Å². The molecule has 1 aromatic carbocycles. The van der Waals surface area contributed by atoms with Gasteiger partial charge in [0, 0.05) is 36.1 Å². The monoisotopic (exact) mass is 488 g/mol. The third-order valence-corrected chi connectivity index (χ3v) is 9.59. The molecule has 0 radical (unpaired) electrons. The molecule has 7 nitrogen and oxygen atoms in total. The number of nitrogens with one attached hydrogen (secondary N) is 1. The van der Waals surface area contributed by atoms with Crippen LogP contribution in [0.2, 0.25) is 0 Å². The number of benzene rings is 1. The average Bonchev–Trinajstić information content (AvgIpc) is 3.39. The number of fused-ring (bicyclic) bond motifs is 1. The number of thiophene rings is 1. The summed E-state index contributed by atoms with van der Waals surface area (Å²) in [5.41, 5.74) is 10.1. The van der Waals surface area contributed by atoms with Gasteiger partial charge >= 0.3 is 0 Å². The fourth-order valence-electron chi connectivity index (χ4n) is 4.60. The molecule has 1 aliphatic heterocycles. The number of hydrogen-bond acceptors (Lipinski definition) is 5. The van der Waals surface area contributed by atoms with Crippen LogP contribution in [0.5, 0.6) is 0 Å². The van der Waals surface area contributed by atoms with E-state index in [0.29, 0.717) is 18.7 Å². The van der Waals surface area contributed by atoms with Gasteiger partial charge in [0.2, 0.25) is 10.0 Å². The lowest BCUT2D eigenvalue weighted by molar-refractivity contribution is 0.100. The molecule has 1 fully saturated rings. The number of sulfonamides is 1. The SMILES string of the molecule is CC(C)S(=O)(=O)N1CCC(c2c[nH]c3c(C(N)=O)cc(-c4csc(CN(C)C)c4)cc23)CC1. The summed E-state index contributed by atoms with van der Waals surface area (Å²) in [4.78, 5) is 18.9. The molecule has 0 aliphatic carbocycles. The van der Waals surface area contributed by atoms with Crippen LogP contribution in [0.15, 0.2) is 29.8 Å². The third-order valence-electron chi connectivity index (χ3n) is 6.40. The van der Waals surface area contributed by atoms with Gasteiger partial charge in [0.1, 0.15) is 0 Å². The number of aromatic nitrogens is 1. The Kier molecular flexibility index (Phi) is 6.68. The standard InChI is InChI=1S/C24H32N4O3S2/c1-15(2)33(30,31)28-7-5-16(6-8-28)22-12-26-23-20(22)10-17(11-21(23)24(25)29)18-9-19(32-14-18)13-27(3)4/h9-12,14-16,26H,5-8,13H2,1-4H3,(H2,25,29). The van der Waals surface area contributed by atoms with Gasteiger partial charge in [-0.15, -0.1) is 11.3 Å². The number of carbonyl (C=O) groups excluding carboxylic acids is 1. The maximum absolute atomic E-state index is 12.5. The Labute approximate surface area is 199 Å². The second-order valence-corrected chi connectivity index (χ2v) is 12.8. The zero-order valence-electron chi connectivity index (χ0n) is 19.6. The number of rotatable bonds is 7. The van der Waals surface area contributed by atoms with Crippen LogP contribution >= 0.6 is 11.3 Å². The smallest absolute Gasteiger partial charge is 0.250 e. The van der Waals surface area contributed by atoms with Gasteiger partial charge in [-0.1, -0.05) is 0 Å².